The number of rotatable bonds is 6. The molecule has 1 heterocycles. The zero-order chi connectivity index (χ0) is 12.1. The number of carbonyl (C=O) groups excluding carboxylic acids is 1. The van der Waals surface area contributed by atoms with Gasteiger partial charge < -0.3 is 20.4 Å². The van der Waals surface area contributed by atoms with Gasteiger partial charge in [0.2, 0.25) is 5.91 Å². The van der Waals surface area contributed by atoms with Gasteiger partial charge >= 0.3 is 11.9 Å². The van der Waals surface area contributed by atoms with Gasteiger partial charge in [0, 0.05) is 6.42 Å². The normalized spacial score (nSPS) is 15.2. The lowest BCUT2D eigenvalue weighted by atomic mass is 9.99. The van der Waals surface area contributed by atoms with Gasteiger partial charge in [0.05, 0.1) is 0 Å². The number of nitrogens with zero attached hydrogens (tertiary/aromatic N) is 1. The van der Waals surface area contributed by atoms with Crippen molar-refractivity contribution < 1.29 is 24.6 Å². The first-order valence-corrected chi connectivity index (χ1v) is 4.91. The summed E-state index contributed by atoms with van der Waals surface area (Å²) in [6.07, 6.45) is 0.202. The highest BCUT2D eigenvalue weighted by atomic mass is 16.4. The number of carboxylic acid groups (broad SMARTS) is 2. The summed E-state index contributed by atoms with van der Waals surface area (Å²) >= 11 is 0. The molecule has 1 saturated heterocycles. The van der Waals surface area contributed by atoms with Crippen LogP contribution >= 0.6 is 0 Å². The number of carboxylic acids is 2. The van der Waals surface area contributed by atoms with Gasteiger partial charge in [-0.1, -0.05) is 0 Å². The minimum Gasteiger partial charge on any atom is -0.480 e. The van der Waals surface area contributed by atoms with Crippen molar-refractivity contribution in [2.24, 2.45) is 5.92 Å². The second kappa shape index (κ2) is 5.45. The molecule has 0 spiro atoms. The summed E-state index contributed by atoms with van der Waals surface area (Å²) in [5, 5.41) is 20.1. The standard InChI is InChI=1S/C9H14N2O5/c12-7(1-6-2-10-3-6)11(4-8(13)14)5-9(15)16/h6,10H,1-5H2,(H,13,14)(H,15,16). The Morgan fingerprint density at radius 3 is 1.94 bits per heavy atom. The summed E-state index contributed by atoms with van der Waals surface area (Å²) in [4.78, 5) is 33.4. The molecular weight excluding hydrogens is 216 g/mol. The molecule has 16 heavy (non-hydrogen) atoms. The first-order chi connectivity index (χ1) is 7.49. The second-order valence-electron chi connectivity index (χ2n) is 3.77. The molecule has 90 valence electrons. The van der Waals surface area contributed by atoms with E-state index in [9.17, 15) is 14.4 Å². The summed E-state index contributed by atoms with van der Waals surface area (Å²) in [5.41, 5.74) is 0. The van der Waals surface area contributed by atoms with Gasteiger partial charge in [-0.05, 0) is 19.0 Å². The molecule has 0 atom stereocenters. The summed E-state index contributed by atoms with van der Waals surface area (Å²) < 4.78 is 0. The van der Waals surface area contributed by atoms with Crippen LogP contribution in [0.25, 0.3) is 0 Å². The lowest BCUT2D eigenvalue weighted by molar-refractivity contribution is -0.149. The van der Waals surface area contributed by atoms with E-state index in [1.807, 2.05) is 0 Å². The molecule has 0 aromatic carbocycles. The van der Waals surface area contributed by atoms with E-state index >= 15 is 0 Å². The zero-order valence-electron chi connectivity index (χ0n) is 8.68. The maximum Gasteiger partial charge on any atom is 0.323 e. The molecule has 0 saturated carbocycles. The Bertz CT molecular complexity index is 284. The average Bonchev–Trinajstić information content (AvgIpc) is 2.08. The Hall–Kier alpha value is -1.63. The average molecular weight is 230 g/mol. The van der Waals surface area contributed by atoms with Gasteiger partial charge in [-0.25, -0.2) is 0 Å². The molecule has 0 bridgehead atoms. The topological polar surface area (TPSA) is 107 Å². The van der Waals surface area contributed by atoms with E-state index < -0.39 is 30.9 Å². The Kier molecular flexibility index (Phi) is 4.24. The molecule has 1 amide bonds. The van der Waals surface area contributed by atoms with Gasteiger partial charge in [0.15, 0.2) is 0 Å². The number of nitrogens with one attached hydrogen (secondary N) is 1. The summed E-state index contributed by atoms with van der Waals surface area (Å²) in [6.45, 7) is 0.315. The fourth-order valence-electron chi connectivity index (χ4n) is 1.43. The van der Waals surface area contributed by atoms with Crippen LogP contribution in [0.15, 0.2) is 0 Å². The van der Waals surface area contributed by atoms with E-state index in [0.717, 1.165) is 18.0 Å². The fraction of sp³-hybridized carbons (Fsp3) is 0.667. The van der Waals surface area contributed by atoms with Crippen molar-refractivity contribution in [3.8, 4) is 0 Å². The Morgan fingerprint density at radius 1 is 1.12 bits per heavy atom. The van der Waals surface area contributed by atoms with Crippen LogP contribution in [0.2, 0.25) is 0 Å². The molecular formula is C9H14N2O5. The third-order valence-corrected chi connectivity index (χ3v) is 2.33. The maximum atomic E-state index is 11.6. The summed E-state index contributed by atoms with van der Waals surface area (Å²) in [6, 6.07) is 0. The molecule has 3 N–H and O–H groups in total. The predicted octanol–water partition coefficient (Wildman–Crippen LogP) is -1.41. The number of hydrogen-bond donors (Lipinski definition) is 3. The van der Waals surface area contributed by atoms with Crippen LogP contribution in [0.4, 0.5) is 0 Å². The highest BCUT2D eigenvalue weighted by molar-refractivity contribution is 5.85. The number of amides is 1. The number of hydrogen-bond acceptors (Lipinski definition) is 4. The van der Waals surface area contributed by atoms with E-state index in [0.29, 0.717) is 0 Å². The van der Waals surface area contributed by atoms with Crippen molar-refractivity contribution in [3.63, 3.8) is 0 Å². The van der Waals surface area contributed by atoms with Crippen LogP contribution in [-0.2, 0) is 14.4 Å². The third-order valence-electron chi connectivity index (χ3n) is 2.33. The molecule has 1 aliphatic rings. The van der Waals surface area contributed by atoms with Crippen molar-refractivity contribution in [1.29, 1.82) is 0 Å². The largest absolute Gasteiger partial charge is 0.480 e. The highest BCUT2D eigenvalue weighted by Crippen LogP contribution is 2.10. The molecule has 1 rings (SSSR count). The van der Waals surface area contributed by atoms with E-state index in [1.165, 1.54) is 0 Å². The van der Waals surface area contributed by atoms with Crippen LogP contribution in [0.3, 0.4) is 0 Å². The zero-order valence-corrected chi connectivity index (χ0v) is 8.68. The number of aliphatic carboxylic acids is 2. The molecule has 0 aromatic heterocycles. The molecule has 1 aliphatic heterocycles. The van der Waals surface area contributed by atoms with Crippen LogP contribution in [0.5, 0.6) is 0 Å². The molecule has 0 aromatic rings. The van der Waals surface area contributed by atoms with Crippen LogP contribution in [0.1, 0.15) is 6.42 Å². The molecule has 0 radical (unpaired) electrons. The van der Waals surface area contributed by atoms with E-state index in [1.54, 1.807) is 0 Å². The summed E-state index contributed by atoms with van der Waals surface area (Å²) in [7, 11) is 0. The van der Waals surface area contributed by atoms with Gasteiger partial charge in [-0.3, -0.25) is 14.4 Å². The summed E-state index contributed by atoms with van der Waals surface area (Å²) in [5.74, 6) is -2.64. The van der Waals surface area contributed by atoms with Gasteiger partial charge in [-0.2, -0.15) is 0 Å². The Morgan fingerprint density at radius 2 is 1.62 bits per heavy atom. The lowest BCUT2D eigenvalue weighted by Gasteiger charge is -2.28. The minimum atomic E-state index is -1.21. The highest BCUT2D eigenvalue weighted by Gasteiger charge is 2.25. The Labute approximate surface area is 92.0 Å². The first-order valence-electron chi connectivity index (χ1n) is 4.91. The smallest absolute Gasteiger partial charge is 0.323 e. The van der Waals surface area contributed by atoms with E-state index in [4.69, 9.17) is 10.2 Å². The quantitative estimate of drug-likeness (QED) is 0.517. The van der Waals surface area contributed by atoms with Gasteiger partial charge in [-0.15, -0.1) is 0 Å². The van der Waals surface area contributed by atoms with Crippen molar-refractivity contribution in [2.45, 2.75) is 6.42 Å². The van der Waals surface area contributed by atoms with Crippen LogP contribution in [-0.4, -0.2) is 59.1 Å². The van der Waals surface area contributed by atoms with E-state index in [-0.39, 0.29) is 12.3 Å². The first kappa shape index (κ1) is 12.4. The van der Waals surface area contributed by atoms with Gasteiger partial charge in [0.25, 0.3) is 0 Å². The monoisotopic (exact) mass is 230 g/mol. The minimum absolute atomic E-state index is 0.192. The van der Waals surface area contributed by atoms with Crippen molar-refractivity contribution in [2.75, 3.05) is 26.2 Å². The molecule has 0 aliphatic carbocycles. The fourth-order valence-corrected chi connectivity index (χ4v) is 1.43. The molecule has 7 nitrogen and oxygen atoms in total. The molecule has 0 unspecified atom stereocenters. The van der Waals surface area contributed by atoms with Crippen molar-refractivity contribution in [1.82, 2.24) is 10.2 Å². The van der Waals surface area contributed by atoms with Gasteiger partial charge in [0.1, 0.15) is 13.1 Å². The second-order valence-corrected chi connectivity index (χ2v) is 3.77. The van der Waals surface area contributed by atoms with Crippen LogP contribution in [0, 0.1) is 5.92 Å². The third kappa shape index (κ3) is 3.85. The predicted molar refractivity (Wildman–Crippen MR) is 52.8 cm³/mol. The maximum absolute atomic E-state index is 11.6. The van der Waals surface area contributed by atoms with Crippen molar-refractivity contribution >= 4 is 17.8 Å². The lowest BCUT2D eigenvalue weighted by Crippen LogP contribution is -2.47. The molecule has 7 heteroatoms. The Balaban J connectivity index is 2.48. The number of carbonyl (C=O) groups is 3. The SMILES string of the molecule is O=C(O)CN(CC(=O)O)C(=O)CC1CNC1. The van der Waals surface area contributed by atoms with Crippen LogP contribution < -0.4 is 5.32 Å². The van der Waals surface area contributed by atoms with Crippen molar-refractivity contribution in [3.05, 3.63) is 0 Å². The van der Waals surface area contributed by atoms with E-state index in [2.05, 4.69) is 5.32 Å². The molecule has 1 fully saturated rings.